The summed E-state index contributed by atoms with van der Waals surface area (Å²) < 4.78 is 19.1. The molecule has 1 amide bonds. The van der Waals surface area contributed by atoms with Gasteiger partial charge in [-0.1, -0.05) is 35.0 Å². The van der Waals surface area contributed by atoms with Crippen LogP contribution in [0.3, 0.4) is 0 Å². The van der Waals surface area contributed by atoms with Gasteiger partial charge in [0, 0.05) is 10.0 Å². The van der Waals surface area contributed by atoms with E-state index in [-0.39, 0.29) is 5.91 Å². The molecule has 0 bridgehead atoms. The minimum absolute atomic E-state index is 0.308. The van der Waals surface area contributed by atoms with Gasteiger partial charge in [-0.05, 0) is 88.9 Å². The molecule has 8 heteroatoms. The molecule has 0 saturated carbocycles. The lowest BCUT2D eigenvalue weighted by atomic mass is 10.2. The number of benzene rings is 3. The lowest BCUT2D eigenvalue weighted by Gasteiger charge is -2.14. The molecule has 0 aromatic heterocycles. The van der Waals surface area contributed by atoms with Crippen molar-refractivity contribution in [3.8, 4) is 17.2 Å². The molecule has 0 unspecified atom stereocenters. The van der Waals surface area contributed by atoms with Crippen LogP contribution in [0.4, 0.5) is 0 Å². The number of halogens is 2. The number of carbonyl (C=O) groups excluding carboxylic acids is 1. The van der Waals surface area contributed by atoms with Crippen molar-refractivity contribution >= 4 is 44.0 Å². The molecule has 0 aliphatic carbocycles. The summed E-state index contributed by atoms with van der Waals surface area (Å²) in [5, 5.41) is 4.09. The third kappa shape index (κ3) is 7.60. The highest BCUT2D eigenvalue weighted by atomic mass is 79.9. The summed E-state index contributed by atoms with van der Waals surface area (Å²) in [7, 11) is 0. The second-order valence-corrected chi connectivity index (χ2v) is 9.02. The van der Waals surface area contributed by atoms with E-state index in [0.29, 0.717) is 36.9 Å². The van der Waals surface area contributed by atoms with Gasteiger partial charge in [0.2, 0.25) is 0 Å². The van der Waals surface area contributed by atoms with E-state index in [4.69, 9.17) is 14.2 Å². The molecule has 0 saturated heterocycles. The van der Waals surface area contributed by atoms with Gasteiger partial charge in [-0.15, -0.1) is 0 Å². The van der Waals surface area contributed by atoms with Crippen LogP contribution in [0.2, 0.25) is 0 Å². The van der Waals surface area contributed by atoms with Crippen LogP contribution < -0.4 is 19.6 Å². The van der Waals surface area contributed by atoms with Crippen LogP contribution in [0, 0.1) is 0 Å². The average Bonchev–Trinajstić information content (AvgIpc) is 2.84. The fourth-order valence-electron chi connectivity index (χ4n) is 2.95. The molecular formula is C26H26Br2N2O4. The van der Waals surface area contributed by atoms with Crippen molar-refractivity contribution in [3.63, 3.8) is 0 Å². The van der Waals surface area contributed by atoms with Crippen molar-refractivity contribution in [2.24, 2.45) is 5.10 Å². The summed E-state index contributed by atoms with van der Waals surface area (Å²) in [6.45, 7) is 5.48. The van der Waals surface area contributed by atoms with E-state index in [1.807, 2.05) is 50.2 Å². The van der Waals surface area contributed by atoms with Gasteiger partial charge < -0.3 is 14.2 Å². The third-order valence-electron chi connectivity index (χ3n) is 4.60. The van der Waals surface area contributed by atoms with E-state index >= 15 is 0 Å². The van der Waals surface area contributed by atoms with E-state index in [1.165, 1.54) is 0 Å². The standard InChI is InChI=1S/C26H26Br2N2O4/c1-3-13-33-22-11-7-20(8-12-22)26(31)30-29-16-19-14-23(28)25(24(15-19)32-4-2)34-17-18-5-9-21(27)10-6-18/h5-12,14-16H,3-4,13,17H2,1-2H3,(H,30,31)/b29-16-. The number of hydrazone groups is 1. The quantitative estimate of drug-likeness (QED) is 0.199. The van der Waals surface area contributed by atoms with Gasteiger partial charge in [-0.3, -0.25) is 4.79 Å². The van der Waals surface area contributed by atoms with Crippen molar-refractivity contribution in [2.75, 3.05) is 13.2 Å². The van der Waals surface area contributed by atoms with Crippen molar-refractivity contribution < 1.29 is 19.0 Å². The molecule has 0 radical (unpaired) electrons. The topological polar surface area (TPSA) is 69.2 Å². The predicted molar refractivity (Wildman–Crippen MR) is 141 cm³/mol. The lowest BCUT2D eigenvalue weighted by molar-refractivity contribution is 0.0955. The minimum atomic E-state index is -0.308. The Balaban J connectivity index is 1.65. The molecule has 34 heavy (non-hydrogen) atoms. The van der Waals surface area contributed by atoms with Gasteiger partial charge in [0.25, 0.3) is 5.91 Å². The average molecular weight is 590 g/mol. The van der Waals surface area contributed by atoms with Gasteiger partial charge in [-0.25, -0.2) is 5.43 Å². The van der Waals surface area contributed by atoms with Crippen LogP contribution in [0.1, 0.15) is 41.8 Å². The van der Waals surface area contributed by atoms with Gasteiger partial charge >= 0.3 is 0 Å². The first kappa shape index (κ1) is 25.8. The lowest BCUT2D eigenvalue weighted by Crippen LogP contribution is -2.17. The first-order chi connectivity index (χ1) is 16.5. The number of nitrogens with one attached hydrogen (secondary N) is 1. The number of rotatable bonds is 11. The molecule has 0 aliphatic heterocycles. The summed E-state index contributed by atoms with van der Waals surface area (Å²) in [5.41, 5.74) is 4.82. The number of ether oxygens (including phenoxy) is 3. The molecule has 1 N–H and O–H groups in total. The Morgan fingerprint density at radius 3 is 2.38 bits per heavy atom. The summed E-state index contributed by atoms with van der Waals surface area (Å²) in [5.74, 6) is 1.62. The Bertz CT molecular complexity index is 1120. The monoisotopic (exact) mass is 588 g/mol. The summed E-state index contributed by atoms with van der Waals surface area (Å²) >= 11 is 7.00. The fraction of sp³-hybridized carbons (Fsp3) is 0.231. The number of nitrogens with zero attached hydrogens (tertiary/aromatic N) is 1. The maximum absolute atomic E-state index is 12.4. The molecule has 0 spiro atoms. The SMILES string of the molecule is CCCOc1ccc(C(=O)N/N=C\c2cc(Br)c(OCc3ccc(Br)cc3)c(OCC)c2)cc1. The Morgan fingerprint density at radius 2 is 1.71 bits per heavy atom. The molecule has 178 valence electrons. The van der Waals surface area contributed by atoms with Crippen molar-refractivity contribution in [3.05, 3.63) is 86.3 Å². The number of hydrogen-bond donors (Lipinski definition) is 1. The largest absolute Gasteiger partial charge is 0.494 e. The smallest absolute Gasteiger partial charge is 0.271 e. The zero-order valence-corrected chi connectivity index (χ0v) is 22.2. The van der Waals surface area contributed by atoms with Crippen LogP contribution in [0.25, 0.3) is 0 Å². The van der Waals surface area contributed by atoms with E-state index in [0.717, 1.165) is 32.2 Å². The van der Waals surface area contributed by atoms with Gasteiger partial charge in [0.15, 0.2) is 11.5 Å². The first-order valence-corrected chi connectivity index (χ1v) is 12.5. The van der Waals surface area contributed by atoms with Crippen molar-refractivity contribution in [2.45, 2.75) is 26.9 Å². The van der Waals surface area contributed by atoms with Gasteiger partial charge in [0.1, 0.15) is 12.4 Å². The van der Waals surface area contributed by atoms with E-state index in [9.17, 15) is 4.79 Å². The molecule has 3 aromatic rings. The second-order valence-electron chi connectivity index (χ2n) is 7.25. The highest BCUT2D eigenvalue weighted by molar-refractivity contribution is 9.10. The molecule has 3 rings (SSSR count). The van der Waals surface area contributed by atoms with E-state index in [1.54, 1.807) is 30.5 Å². The maximum Gasteiger partial charge on any atom is 0.271 e. The van der Waals surface area contributed by atoms with Gasteiger partial charge in [-0.2, -0.15) is 5.10 Å². The minimum Gasteiger partial charge on any atom is -0.494 e. The van der Waals surface area contributed by atoms with E-state index in [2.05, 4.69) is 42.4 Å². The molecule has 0 atom stereocenters. The first-order valence-electron chi connectivity index (χ1n) is 10.9. The summed E-state index contributed by atoms with van der Waals surface area (Å²) in [4.78, 5) is 12.4. The highest BCUT2D eigenvalue weighted by Crippen LogP contribution is 2.37. The zero-order chi connectivity index (χ0) is 24.3. The van der Waals surface area contributed by atoms with Crippen LogP contribution in [-0.2, 0) is 6.61 Å². The number of amides is 1. The molecule has 0 fully saturated rings. The number of hydrogen-bond acceptors (Lipinski definition) is 5. The maximum atomic E-state index is 12.4. The second kappa shape index (κ2) is 13.2. The van der Waals surface area contributed by atoms with Crippen LogP contribution >= 0.6 is 31.9 Å². The van der Waals surface area contributed by atoms with Gasteiger partial charge in [0.05, 0.1) is 23.9 Å². The van der Waals surface area contributed by atoms with Crippen LogP contribution in [0.5, 0.6) is 17.2 Å². The fourth-order valence-corrected chi connectivity index (χ4v) is 3.79. The molecule has 3 aromatic carbocycles. The molecule has 0 heterocycles. The predicted octanol–water partition coefficient (Wildman–Crippen LogP) is 6.74. The Morgan fingerprint density at radius 1 is 0.971 bits per heavy atom. The third-order valence-corrected chi connectivity index (χ3v) is 5.71. The van der Waals surface area contributed by atoms with Crippen molar-refractivity contribution in [1.82, 2.24) is 5.43 Å². The normalized spacial score (nSPS) is 10.8. The highest BCUT2D eigenvalue weighted by Gasteiger charge is 2.12. The zero-order valence-electron chi connectivity index (χ0n) is 19.0. The summed E-state index contributed by atoms with van der Waals surface area (Å²) in [6.07, 6.45) is 2.48. The van der Waals surface area contributed by atoms with Crippen LogP contribution in [-0.4, -0.2) is 25.3 Å². The molecule has 0 aliphatic rings. The Hall–Kier alpha value is -2.84. The van der Waals surface area contributed by atoms with E-state index < -0.39 is 0 Å². The molecule has 6 nitrogen and oxygen atoms in total. The van der Waals surface area contributed by atoms with Crippen LogP contribution in [0.15, 0.2) is 74.7 Å². The Labute approximate surface area is 216 Å². The summed E-state index contributed by atoms with van der Waals surface area (Å²) in [6, 6.07) is 18.6. The Kier molecular flexibility index (Phi) is 9.97. The number of carbonyl (C=O) groups is 1. The van der Waals surface area contributed by atoms with Crippen molar-refractivity contribution in [1.29, 1.82) is 0 Å². The molecular weight excluding hydrogens is 564 g/mol.